The van der Waals surface area contributed by atoms with Gasteiger partial charge in [-0.25, -0.2) is 4.18 Å². The van der Waals surface area contributed by atoms with E-state index in [9.17, 15) is 8.42 Å². The lowest BCUT2D eigenvalue weighted by Crippen LogP contribution is -2.14. The Hall–Kier alpha value is -0.330. The van der Waals surface area contributed by atoms with Crippen molar-refractivity contribution in [2.45, 2.75) is 71.1 Å². The topological polar surface area (TPSA) is 110 Å². The maximum Gasteiger partial charge on any atom is 0.397 e. The molecule has 0 rings (SSSR count). The maximum atomic E-state index is 10.3. The third kappa shape index (κ3) is 29.7. The molecule has 0 atom stereocenters. The van der Waals surface area contributed by atoms with Gasteiger partial charge in [0.1, 0.15) is 0 Å². The van der Waals surface area contributed by atoms with Gasteiger partial charge in [-0.3, -0.25) is 4.55 Å². The van der Waals surface area contributed by atoms with Crippen LogP contribution in [-0.4, -0.2) is 85.6 Å². The zero-order chi connectivity index (χ0) is 23.6. The Morgan fingerprint density at radius 1 is 0.469 bits per heavy atom. The Bertz CT molecular complexity index is 460. The van der Waals surface area contributed by atoms with Crippen LogP contribution in [0.1, 0.15) is 71.1 Å². The van der Waals surface area contributed by atoms with E-state index in [4.69, 9.17) is 28.2 Å². The lowest BCUT2D eigenvalue weighted by Gasteiger charge is -2.08. The van der Waals surface area contributed by atoms with Crippen molar-refractivity contribution in [1.29, 1.82) is 0 Å². The van der Waals surface area contributed by atoms with E-state index in [-0.39, 0.29) is 13.2 Å². The summed E-state index contributed by atoms with van der Waals surface area (Å²) in [6.07, 6.45) is 13.3. The molecule has 0 unspecified atom stereocenters. The summed E-state index contributed by atoms with van der Waals surface area (Å²) in [5.41, 5.74) is 0. The van der Waals surface area contributed by atoms with Crippen LogP contribution in [0.2, 0.25) is 0 Å². The SMILES string of the molecule is CCCCCCCCCCCCOCCOCCOCCOCCOCCOS(=O)(=O)O. The van der Waals surface area contributed by atoms with E-state index in [0.29, 0.717) is 52.9 Å². The summed E-state index contributed by atoms with van der Waals surface area (Å²) in [6.45, 7) is 6.69. The maximum absolute atomic E-state index is 10.3. The van der Waals surface area contributed by atoms with Gasteiger partial charge in [0, 0.05) is 6.61 Å². The largest absolute Gasteiger partial charge is 0.397 e. The van der Waals surface area contributed by atoms with E-state index in [0.717, 1.165) is 13.0 Å². The molecule has 0 aliphatic rings. The average Bonchev–Trinajstić information content (AvgIpc) is 2.75. The number of hydrogen-bond acceptors (Lipinski definition) is 8. The molecular weight excluding hydrogens is 440 g/mol. The molecule has 10 heteroatoms. The first kappa shape index (κ1) is 31.7. The minimum absolute atomic E-state index is 0.0555. The van der Waals surface area contributed by atoms with Gasteiger partial charge >= 0.3 is 10.4 Å². The Morgan fingerprint density at radius 2 is 0.781 bits per heavy atom. The summed E-state index contributed by atoms with van der Waals surface area (Å²) in [7, 11) is -4.40. The third-order valence-corrected chi connectivity index (χ3v) is 5.05. The van der Waals surface area contributed by atoms with Gasteiger partial charge in [0.25, 0.3) is 0 Å². The van der Waals surface area contributed by atoms with Gasteiger partial charge in [-0.15, -0.1) is 0 Å². The fourth-order valence-corrected chi connectivity index (χ4v) is 3.15. The first-order chi connectivity index (χ1) is 15.6. The zero-order valence-electron chi connectivity index (χ0n) is 20.0. The second kappa shape index (κ2) is 25.3. The van der Waals surface area contributed by atoms with Crippen LogP contribution in [0, 0.1) is 0 Å². The summed E-state index contributed by atoms with van der Waals surface area (Å²) in [5, 5.41) is 0. The van der Waals surface area contributed by atoms with E-state index >= 15 is 0 Å². The molecule has 0 saturated heterocycles. The fraction of sp³-hybridized carbons (Fsp3) is 1.00. The summed E-state index contributed by atoms with van der Waals surface area (Å²) in [4.78, 5) is 0. The molecular formula is C22H46O9S. The second-order valence-electron chi connectivity index (χ2n) is 7.49. The molecule has 0 aromatic heterocycles. The van der Waals surface area contributed by atoms with Crippen LogP contribution in [-0.2, 0) is 38.3 Å². The van der Waals surface area contributed by atoms with Crippen molar-refractivity contribution < 1.29 is 40.8 Å². The molecule has 0 amide bonds. The predicted octanol–water partition coefficient (Wildman–Crippen LogP) is 3.81. The average molecular weight is 487 g/mol. The van der Waals surface area contributed by atoms with Gasteiger partial charge in [-0.05, 0) is 6.42 Å². The molecule has 0 heterocycles. The van der Waals surface area contributed by atoms with Gasteiger partial charge in [-0.1, -0.05) is 64.7 Å². The van der Waals surface area contributed by atoms with Gasteiger partial charge in [0.2, 0.25) is 0 Å². The summed E-state index contributed by atoms with van der Waals surface area (Å²) in [5.74, 6) is 0. The smallest absolute Gasteiger partial charge is 0.379 e. The molecule has 0 fully saturated rings. The standard InChI is InChI=1S/C22H46O9S/c1-2-3-4-5-6-7-8-9-10-11-12-26-13-14-27-15-16-28-17-18-29-19-20-30-21-22-31-32(23,24)25/h2-22H2,1H3,(H,23,24,25). The number of hydrogen-bond donors (Lipinski definition) is 1. The van der Waals surface area contributed by atoms with Crippen LogP contribution < -0.4 is 0 Å². The van der Waals surface area contributed by atoms with Crippen LogP contribution in [0.3, 0.4) is 0 Å². The molecule has 0 aromatic carbocycles. The monoisotopic (exact) mass is 486 g/mol. The Kier molecular flexibility index (Phi) is 25.0. The van der Waals surface area contributed by atoms with Gasteiger partial charge in [0.15, 0.2) is 0 Å². The van der Waals surface area contributed by atoms with E-state index in [1.165, 1.54) is 57.8 Å². The number of ether oxygens (including phenoxy) is 5. The number of unbranched alkanes of at least 4 members (excludes halogenated alkanes) is 9. The molecule has 0 aliphatic heterocycles. The Balaban J connectivity index is 3.04. The van der Waals surface area contributed by atoms with Crippen LogP contribution in [0.4, 0.5) is 0 Å². The summed E-state index contributed by atoms with van der Waals surface area (Å²) >= 11 is 0. The first-order valence-corrected chi connectivity index (χ1v) is 13.4. The third-order valence-electron chi connectivity index (χ3n) is 4.59. The lowest BCUT2D eigenvalue weighted by atomic mass is 10.1. The minimum Gasteiger partial charge on any atom is -0.379 e. The molecule has 0 saturated carbocycles. The molecule has 194 valence electrons. The van der Waals surface area contributed by atoms with Gasteiger partial charge in [0.05, 0.1) is 66.1 Å². The van der Waals surface area contributed by atoms with Crippen molar-refractivity contribution in [3.63, 3.8) is 0 Å². The minimum atomic E-state index is -4.40. The van der Waals surface area contributed by atoms with Crippen molar-refractivity contribution in [3.05, 3.63) is 0 Å². The van der Waals surface area contributed by atoms with Crippen LogP contribution in [0.25, 0.3) is 0 Å². The van der Waals surface area contributed by atoms with E-state index in [2.05, 4.69) is 11.1 Å². The predicted molar refractivity (Wildman–Crippen MR) is 123 cm³/mol. The summed E-state index contributed by atoms with van der Waals surface area (Å²) in [6, 6.07) is 0. The van der Waals surface area contributed by atoms with Gasteiger partial charge in [-0.2, -0.15) is 8.42 Å². The zero-order valence-corrected chi connectivity index (χ0v) is 20.8. The highest BCUT2D eigenvalue weighted by molar-refractivity contribution is 7.80. The molecule has 0 spiro atoms. The van der Waals surface area contributed by atoms with Crippen LogP contribution >= 0.6 is 0 Å². The van der Waals surface area contributed by atoms with E-state index in [1.54, 1.807) is 0 Å². The van der Waals surface area contributed by atoms with Crippen molar-refractivity contribution in [1.82, 2.24) is 0 Å². The molecule has 0 aliphatic carbocycles. The molecule has 0 bridgehead atoms. The van der Waals surface area contributed by atoms with Crippen LogP contribution in [0.5, 0.6) is 0 Å². The van der Waals surface area contributed by atoms with Crippen molar-refractivity contribution in [2.75, 3.05) is 72.7 Å². The van der Waals surface area contributed by atoms with E-state index < -0.39 is 10.4 Å². The van der Waals surface area contributed by atoms with E-state index in [1.807, 2.05) is 0 Å². The van der Waals surface area contributed by atoms with Crippen LogP contribution in [0.15, 0.2) is 0 Å². The Labute approximate surface area is 195 Å². The van der Waals surface area contributed by atoms with Crippen molar-refractivity contribution in [3.8, 4) is 0 Å². The molecule has 0 radical (unpaired) electrons. The molecule has 1 N–H and O–H groups in total. The highest BCUT2D eigenvalue weighted by Crippen LogP contribution is 2.10. The summed E-state index contributed by atoms with van der Waals surface area (Å²) < 4.78 is 59.8. The number of rotatable bonds is 27. The second-order valence-corrected chi connectivity index (χ2v) is 8.58. The highest BCUT2D eigenvalue weighted by Gasteiger charge is 2.02. The molecule has 0 aromatic rings. The first-order valence-electron chi connectivity index (χ1n) is 12.1. The molecule has 9 nitrogen and oxygen atoms in total. The highest BCUT2D eigenvalue weighted by atomic mass is 32.3. The van der Waals surface area contributed by atoms with Crippen molar-refractivity contribution >= 4 is 10.4 Å². The normalized spacial score (nSPS) is 11.9. The van der Waals surface area contributed by atoms with Gasteiger partial charge < -0.3 is 23.7 Å². The molecule has 32 heavy (non-hydrogen) atoms. The quantitative estimate of drug-likeness (QED) is 0.137. The fourth-order valence-electron chi connectivity index (χ4n) is 2.87. The lowest BCUT2D eigenvalue weighted by molar-refractivity contribution is -0.0129. The Morgan fingerprint density at radius 3 is 1.16 bits per heavy atom. The van der Waals surface area contributed by atoms with Crippen molar-refractivity contribution in [2.24, 2.45) is 0 Å².